The van der Waals surface area contributed by atoms with Crippen LogP contribution in [-0.2, 0) is 16.1 Å². The van der Waals surface area contributed by atoms with E-state index in [1.54, 1.807) is 6.20 Å². The molecule has 1 aromatic rings. The summed E-state index contributed by atoms with van der Waals surface area (Å²) in [7, 11) is 0. The van der Waals surface area contributed by atoms with Crippen LogP contribution < -0.4 is 0 Å². The van der Waals surface area contributed by atoms with Crippen LogP contribution >= 0.6 is 22.9 Å². The van der Waals surface area contributed by atoms with Gasteiger partial charge in [0.2, 0.25) is 0 Å². The number of rotatable bonds is 4. The van der Waals surface area contributed by atoms with E-state index in [1.165, 1.54) is 11.3 Å². The largest absolute Gasteiger partial charge is 0.466 e. The summed E-state index contributed by atoms with van der Waals surface area (Å²) < 4.78 is 5.66. The molecule has 1 aliphatic heterocycles. The van der Waals surface area contributed by atoms with Gasteiger partial charge in [0.25, 0.3) is 0 Å². The molecule has 18 heavy (non-hydrogen) atoms. The summed E-state index contributed by atoms with van der Waals surface area (Å²) in [5.74, 6) is -0.0494. The van der Waals surface area contributed by atoms with Crippen molar-refractivity contribution in [3.05, 3.63) is 15.5 Å². The van der Waals surface area contributed by atoms with Gasteiger partial charge in [-0.1, -0.05) is 11.6 Å². The Kier molecular flexibility index (Phi) is 4.97. The molecule has 2 heterocycles. The van der Waals surface area contributed by atoms with E-state index in [-0.39, 0.29) is 11.9 Å². The summed E-state index contributed by atoms with van der Waals surface area (Å²) in [5, 5.41) is 0. The highest BCUT2D eigenvalue weighted by Crippen LogP contribution is 2.23. The Bertz CT molecular complexity index is 411. The number of carbonyl (C=O) groups excluding carboxylic acids is 1. The second-order valence-electron chi connectivity index (χ2n) is 4.41. The molecular formula is C12H17ClN2O2S. The predicted octanol–water partition coefficient (Wildman–Crippen LogP) is 2.57. The topological polar surface area (TPSA) is 42.4 Å². The van der Waals surface area contributed by atoms with Gasteiger partial charge in [-0.25, -0.2) is 4.98 Å². The number of aromatic nitrogens is 1. The summed E-state index contributed by atoms with van der Waals surface area (Å²) in [5.41, 5.74) is 0. The normalized spacial score (nSPS) is 20.9. The van der Waals surface area contributed by atoms with Gasteiger partial charge in [0.1, 0.15) is 0 Å². The number of nitrogens with zero attached hydrogens (tertiary/aromatic N) is 2. The molecule has 0 saturated carbocycles. The van der Waals surface area contributed by atoms with Gasteiger partial charge < -0.3 is 4.74 Å². The third-order valence-electron chi connectivity index (χ3n) is 3.03. The molecule has 0 N–H and O–H groups in total. The average Bonchev–Trinajstić information content (AvgIpc) is 2.75. The Hall–Kier alpha value is -0.650. The molecule has 2 rings (SSSR count). The minimum absolute atomic E-state index is 0.0158. The second-order valence-corrected chi connectivity index (χ2v) is 6.10. The van der Waals surface area contributed by atoms with Gasteiger partial charge >= 0.3 is 5.97 Å². The maximum atomic E-state index is 11.7. The molecule has 1 aromatic heterocycles. The van der Waals surface area contributed by atoms with Gasteiger partial charge in [0, 0.05) is 24.2 Å². The molecule has 0 bridgehead atoms. The first kappa shape index (κ1) is 13.8. The number of ether oxygens (including phenoxy) is 1. The molecule has 0 amide bonds. The van der Waals surface area contributed by atoms with Crippen molar-refractivity contribution in [3.8, 4) is 0 Å². The zero-order valence-corrected chi connectivity index (χ0v) is 12.0. The summed E-state index contributed by atoms with van der Waals surface area (Å²) in [4.78, 5) is 19.2. The zero-order chi connectivity index (χ0) is 13.0. The van der Waals surface area contributed by atoms with Crippen LogP contribution in [-0.4, -0.2) is 35.5 Å². The maximum absolute atomic E-state index is 11.7. The fourth-order valence-corrected chi connectivity index (χ4v) is 3.25. The second kappa shape index (κ2) is 6.50. The standard InChI is InChI=1S/C12H17ClN2O2S/c1-2-17-11(16)9-4-3-5-15(7-9)8-10-6-14-12(13)18-10/h6,9H,2-5,7-8H2,1H3. The van der Waals surface area contributed by atoms with Crippen molar-refractivity contribution in [2.24, 2.45) is 5.92 Å². The van der Waals surface area contributed by atoms with Crippen LogP contribution in [0.15, 0.2) is 6.20 Å². The van der Waals surface area contributed by atoms with Crippen LogP contribution in [0, 0.1) is 5.92 Å². The van der Waals surface area contributed by atoms with Crippen molar-refractivity contribution < 1.29 is 9.53 Å². The lowest BCUT2D eigenvalue weighted by Gasteiger charge is -2.30. The van der Waals surface area contributed by atoms with Crippen LogP contribution in [0.1, 0.15) is 24.6 Å². The molecule has 100 valence electrons. The van der Waals surface area contributed by atoms with Crippen LogP contribution in [0.5, 0.6) is 0 Å². The average molecular weight is 289 g/mol. The molecule has 1 saturated heterocycles. The van der Waals surface area contributed by atoms with E-state index < -0.39 is 0 Å². The maximum Gasteiger partial charge on any atom is 0.310 e. The molecule has 4 nitrogen and oxygen atoms in total. The Labute approximate surface area is 116 Å². The van der Waals surface area contributed by atoms with Crippen LogP contribution in [0.2, 0.25) is 4.47 Å². The van der Waals surface area contributed by atoms with Crippen molar-refractivity contribution in [1.29, 1.82) is 0 Å². The number of thiazole rings is 1. The minimum atomic E-state index is -0.0652. The summed E-state index contributed by atoms with van der Waals surface area (Å²) >= 11 is 7.31. The van der Waals surface area contributed by atoms with Gasteiger partial charge in [-0.2, -0.15) is 0 Å². The van der Waals surface area contributed by atoms with Crippen molar-refractivity contribution in [2.45, 2.75) is 26.3 Å². The van der Waals surface area contributed by atoms with Gasteiger partial charge in [-0.15, -0.1) is 11.3 Å². The predicted molar refractivity (Wildman–Crippen MR) is 71.8 cm³/mol. The highest BCUT2D eigenvalue weighted by atomic mass is 35.5. The number of piperidine rings is 1. The molecule has 0 radical (unpaired) electrons. The van der Waals surface area contributed by atoms with Crippen molar-refractivity contribution in [1.82, 2.24) is 9.88 Å². The fraction of sp³-hybridized carbons (Fsp3) is 0.667. The molecule has 1 unspecified atom stereocenters. The first-order valence-corrected chi connectivity index (χ1v) is 7.37. The SMILES string of the molecule is CCOC(=O)C1CCCN(Cc2cnc(Cl)s2)C1. The Morgan fingerprint density at radius 3 is 3.22 bits per heavy atom. The molecular weight excluding hydrogens is 272 g/mol. The highest BCUT2D eigenvalue weighted by molar-refractivity contribution is 7.15. The fourth-order valence-electron chi connectivity index (χ4n) is 2.23. The number of hydrogen-bond acceptors (Lipinski definition) is 5. The van der Waals surface area contributed by atoms with E-state index in [1.807, 2.05) is 6.92 Å². The van der Waals surface area contributed by atoms with Gasteiger partial charge in [-0.3, -0.25) is 9.69 Å². The van der Waals surface area contributed by atoms with E-state index in [2.05, 4.69) is 9.88 Å². The minimum Gasteiger partial charge on any atom is -0.466 e. The van der Waals surface area contributed by atoms with Crippen LogP contribution in [0.25, 0.3) is 0 Å². The van der Waals surface area contributed by atoms with E-state index in [0.29, 0.717) is 11.1 Å². The third kappa shape index (κ3) is 3.67. The van der Waals surface area contributed by atoms with Gasteiger partial charge in [0.15, 0.2) is 4.47 Å². The number of likely N-dealkylation sites (tertiary alicyclic amines) is 1. The Morgan fingerprint density at radius 1 is 1.72 bits per heavy atom. The molecule has 0 aliphatic carbocycles. The van der Waals surface area contributed by atoms with Crippen LogP contribution in [0.4, 0.5) is 0 Å². The first-order valence-electron chi connectivity index (χ1n) is 6.18. The number of esters is 1. The molecule has 1 aliphatic rings. The van der Waals surface area contributed by atoms with E-state index in [9.17, 15) is 4.79 Å². The lowest BCUT2D eigenvalue weighted by Crippen LogP contribution is -2.38. The third-order valence-corrected chi connectivity index (χ3v) is 4.13. The lowest BCUT2D eigenvalue weighted by molar-refractivity contribution is -0.150. The number of hydrogen-bond donors (Lipinski definition) is 0. The highest BCUT2D eigenvalue weighted by Gasteiger charge is 2.26. The van der Waals surface area contributed by atoms with Crippen molar-refractivity contribution >= 4 is 28.9 Å². The quantitative estimate of drug-likeness (QED) is 0.799. The molecule has 1 atom stereocenters. The Balaban J connectivity index is 1.88. The van der Waals surface area contributed by atoms with Gasteiger partial charge in [-0.05, 0) is 26.3 Å². The monoisotopic (exact) mass is 288 g/mol. The summed E-state index contributed by atoms with van der Waals surface area (Å²) in [6.45, 7) is 4.91. The van der Waals surface area contributed by atoms with Crippen LogP contribution in [0.3, 0.4) is 0 Å². The number of halogens is 1. The van der Waals surface area contributed by atoms with Gasteiger partial charge in [0.05, 0.1) is 12.5 Å². The van der Waals surface area contributed by atoms with E-state index in [4.69, 9.17) is 16.3 Å². The van der Waals surface area contributed by atoms with E-state index in [0.717, 1.165) is 37.4 Å². The summed E-state index contributed by atoms with van der Waals surface area (Å²) in [6.07, 6.45) is 3.77. The number of carbonyl (C=O) groups is 1. The molecule has 0 spiro atoms. The first-order chi connectivity index (χ1) is 8.69. The molecule has 1 fully saturated rings. The van der Waals surface area contributed by atoms with Crippen molar-refractivity contribution in [2.75, 3.05) is 19.7 Å². The smallest absolute Gasteiger partial charge is 0.310 e. The van der Waals surface area contributed by atoms with E-state index >= 15 is 0 Å². The summed E-state index contributed by atoms with van der Waals surface area (Å²) in [6, 6.07) is 0. The lowest BCUT2D eigenvalue weighted by atomic mass is 9.98. The molecule has 6 heteroatoms. The Morgan fingerprint density at radius 2 is 2.56 bits per heavy atom. The van der Waals surface area contributed by atoms with Crippen molar-refractivity contribution in [3.63, 3.8) is 0 Å². The zero-order valence-electron chi connectivity index (χ0n) is 10.4. The molecule has 0 aromatic carbocycles.